The van der Waals surface area contributed by atoms with Crippen LogP contribution in [-0.2, 0) is 22.8 Å². The summed E-state index contributed by atoms with van der Waals surface area (Å²) in [4.78, 5) is 59.0. The maximum atomic E-state index is 16.1. The van der Waals surface area contributed by atoms with Crippen molar-refractivity contribution in [3.05, 3.63) is 82.2 Å². The summed E-state index contributed by atoms with van der Waals surface area (Å²) in [6.07, 6.45) is 1.60. The minimum absolute atomic E-state index is 0.00504. The number of anilines is 1. The zero-order chi connectivity index (χ0) is 40.4. The van der Waals surface area contributed by atoms with Gasteiger partial charge in [0.25, 0.3) is 11.8 Å². The predicted octanol–water partition coefficient (Wildman–Crippen LogP) is 5.72. The summed E-state index contributed by atoms with van der Waals surface area (Å²) >= 11 is 0. The number of alkyl halides is 5. The van der Waals surface area contributed by atoms with Crippen molar-refractivity contribution in [3.63, 3.8) is 0 Å². The van der Waals surface area contributed by atoms with Crippen molar-refractivity contribution in [2.24, 2.45) is 13.0 Å². The second kappa shape index (κ2) is 14.4. The number of nitrogens with zero attached hydrogens (tertiary/aromatic N) is 7. The van der Waals surface area contributed by atoms with Crippen LogP contribution < -0.4 is 16.3 Å². The number of carbonyl (C=O) groups is 3. The highest BCUT2D eigenvalue weighted by molar-refractivity contribution is 6.03. The van der Waals surface area contributed by atoms with Crippen LogP contribution in [0.3, 0.4) is 0 Å². The fraction of sp³-hybridized carbons (Fsp3) is 0.447. The molecule has 2 saturated heterocycles. The largest absolute Gasteiger partial charge is 0.434 e. The lowest BCUT2D eigenvalue weighted by Gasteiger charge is -2.41. The smallest absolute Gasteiger partial charge is 0.321 e. The SMILES string of the molecule is Cn1c(=O)n(C2CCC(=O)NC2=O)c2ccc(F)c([C@H]3CCN(CC4CCC(n5cc6cc(NC(=O)c7cncc(C(F)(F)F)n7)ccc6n5)CC4)CC3(F)F)c21. The summed E-state index contributed by atoms with van der Waals surface area (Å²) in [5.41, 5.74) is -1.51. The molecule has 1 unspecified atom stereocenters. The van der Waals surface area contributed by atoms with E-state index < -0.39 is 71.2 Å². The van der Waals surface area contributed by atoms with Gasteiger partial charge in [-0.3, -0.25) is 43.4 Å². The van der Waals surface area contributed by atoms with E-state index in [4.69, 9.17) is 0 Å². The van der Waals surface area contributed by atoms with Gasteiger partial charge in [-0.2, -0.15) is 18.3 Å². The molecule has 0 radical (unpaired) electrons. The molecule has 0 bridgehead atoms. The topological polar surface area (TPSA) is 149 Å². The van der Waals surface area contributed by atoms with Gasteiger partial charge in [0.2, 0.25) is 11.8 Å². The summed E-state index contributed by atoms with van der Waals surface area (Å²) in [7, 11) is 1.37. The molecule has 5 heterocycles. The first-order valence-corrected chi connectivity index (χ1v) is 18.6. The zero-order valence-corrected chi connectivity index (χ0v) is 30.5. The average Bonchev–Trinajstić information content (AvgIpc) is 3.69. The quantitative estimate of drug-likeness (QED) is 0.157. The number of fused-ring (bicyclic) bond motifs is 2. The summed E-state index contributed by atoms with van der Waals surface area (Å²) in [6, 6.07) is 6.31. The number of halogens is 6. The summed E-state index contributed by atoms with van der Waals surface area (Å²) in [5.74, 6) is -7.54. The van der Waals surface area contributed by atoms with Crippen molar-refractivity contribution in [3.8, 4) is 0 Å². The number of rotatable bonds is 7. The van der Waals surface area contributed by atoms with Crippen LogP contribution in [0, 0.1) is 11.7 Å². The monoisotopic (exact) mass is 797 g/mol. The molecule has 2 atom stereocenters. The van der Waals surface area contributed by atoms with E-state index >= 15 is 13.2 Å². The first kappa shape index (κ1) is 38.3. The molecule has 300 valence electrons. The number of hydrogen-bond acceptors (Lipinski definition) is 8. The van der Waals surface area contributed by atoms with Crippen molar-refractivity contribution in [1.29, 1.82) is 0 Å². The third-order valence-electron chi connectivity index (χ3n) is 11.4. The molecule has 8 rings (SSSR count). The molecule has 2 N–H and O–H groups in total. The van der Waals surface area contributed by atoms with E-state index in [9.17, 15) is 32.3 Å². The lowest BCUT2D eigenvalue weighted by Crippen LogP contribution is -2.49. The van der Waals surface area contributed by atoms with Crippen LogP contribution in [0.1, 0.15) is 84.7 Å². The van der Waals surface area contributed by atoms with Crippen LogP contribution in [0.4, 0.5) is 32.0 Å². The molecule has 19 heteroatoms. The Morgan fingerprint density at radius 2 is 1.79 bits per heavy atom. The van der Waals surface area contributed by atoms with Crippen molar-refractivity contribution >= 4 is 45.3 Å². The Kier molecular flexibility index (Phi) is 9.68. The van der Waals surface area contributed by atoms with Gasteiger partial charge in [0.15, 0.2) is 5.69 Å². The second-order valence-electron chi connectivity index (χ2n) is 15.1. The number of imide groups is 1. The highest BCUT2D eigenvalue weighted by Gasteiger charge is 2.48. The zero-order valence-electron chi connectivity index (χ0n) is 30.5. The first-order chi connectivity index (χ1) is 27.1. The van der Waals surface area contributed by atoms with Gasteiger partial charge in [0, 0.05) is 42.8 Å². The van der Waals surface area contributed by atoms with Crippen LogP contribution >= 0.6 is 0 Å². The van der Waals surface area contributed by atoms with Gasteiger partial charge in [-0.25, -0.2) is 22.9 Å². The van der Waals surface area contributed by atoms with Crippen molar-refractivity contribution < 1.29 is 40.7 Å². The molecule has 3 fully saturated rings. The standard InChI is InChI=1S/C38H37F6N9O4/c1-50-33-28(53(36(50)57)29-10-11-31(54)48-35(29)56)9-7-25(39)32(33)24-12-13-51(19-37(24,40)41)17-20-2-5-23(6-3-20)52-18-21-14-22(4-8-26(21)49-52)46-34(55)27-15-45-16-30(47-27)38(42,43)44/h4,7-9,14-16,18,20,23-24,29H,2-3,5-6,10-13,17,19H2,1H3,(H,46,55)(H,48,54,56)/t20?,23?,24-,29?/m1/s1. The van der Waals surface area contributed by atoms with E-state index in [2.05, 4.69) is 25.7 Å². The van der Waals surface area contributed by atoms with Gasteiger partial charge in [0.05, 0.1) is 47.4 Å². The first-order valence-electron chi connectivity index (χ1n) is 18.6. The van der Waals surface area contributed by atoms with Crippen molar-refractivity contribution in [2.45, 2.75) is 75.0 Å². The number of benzene rings is 2. The molecule has 5 aromatic rings. The van der Waals surface area contributed by atoms with Crippen LogP contribution in [0.2, 0.25) is 0 Å². The third-order valence-corrected chi connectivity index (χ3v) is 11.4. The molecule has 3 aromatic heterocycles. The average molecular weight is 798 g/mol. The lowest BCUT2D eigenvalue weighted by molar-refractivity contribution is -0.141. The van der Waals surface area contributed by atoms with Gasteiger partial charge in [-0.05, 0) is 81.3 Å². The molecule has 2 aromatic carbocycles. The maximum absolute atomic E-state index is 16.1. The molecule has 57 heavy (non-hydrogen) atoms. The van der Waals surface area contributed by atoms with Gasteiger partial charge in [0.1, 0.15) is 17.6 Å². The molecular weight excluding hydrogens is 760 g/mol. The number of nitrogens with one attached hydrogen (secondary N) is 2. The Labute approximate surface area is 320 Å². The van der Waals surface area contributed by atoms with E-state index in [0.717, 1.165) is 47.1 Å². The van der Waals surface area contributed by atoms with E-state index in [1.807, 2.05) is 10.9 Å². The van der Waals surface area contributed by atoms with E-state index in [1.54, 1.807) is 23.1 Å². The molecular formula is C38H37F6N9O4. The Morgan fingerprint density at radius 1 is 1.02 bits per heavy atom. The molecule has 3 amide bonds. The number of carbonyl (C=O) groups excluding carboxylic acids is 3. The Hall–Kier alpha value is -5.59. The molecule has 1 aliphatic carbocycles. The number of amides is 3. The lowest BCUT2D eigenvalue weighted by atomic mass is 9.82. The van der Waals surface area contributed by atoms with Crippen molar-refractivity contribution in [2.75, 3.05) is 25.0 Å². The van der Waals surface area contributed by atoms with Crippen LogP contribution in [0.5, 0.6) is 0 Å². The second-order valence-corrected chi connectivity index (χ2v) is 15.1. The van der Waals surface area contributed by atoms with Gasteiger partial charge in [-0.1, -0.05) is 0 Å². The number of likely N-dealkylation sites (tertiary alicyclic amines) is 1. The Balaban J connectivity index is 0.901. The number of aromatic nitrogens is 6. The Bertz CT molecular complexity index is 2470. The number of imidazole rings is 1. The highest BCUT2D eigenvalue weighted by Crippen LogP contribution is 2.45. The maximum Gasteiger partial charge on any atom is 0.434 e. The normalized spacial score (nSPS) is 23.2. The fourth-order valence-electron chi connectivity index (χ4n) is 8.64. The number of piperidine rings is 2. The third kappa shape index (κ3) is 7.28. The minimum Gasteiger partial charge on any atom is -0.321 e. The summed E-state index contributed by atoms with van der Waals surface area (Å²) in [6.45, 7) is 0.146. The van der Waals surface area contributed by atoms with Crippen LogP contribution in [-0.4, -0.2) is 77.1 Å². The predicted molar refractivity (Wildman–Crippen MR) is 193 cm³/mol. The number of hydrogen-bond donors (Lipinski definition) is 2. The minimum atomic E-state index is -4.75. The van der Waals surface area contributed by atoms with Gasteiger partial charge >= 0.3 is 11.9 Å². The van der Waals surface area contributed by atoms with E-state index in [1.165, 1.54) is 13.1 Å². The fourth-order valence-corrected chi connectivity index (χ4v) is 8.64. The molecule has 1 saturated carbocycles. The highest BCUT2D eigenvalue weighted by atomic mass is 19.4. The van der Waals surface area contributed by atoms with Crippen LogP contribution in [0.15, 0.2) is 53.7 Å². The summed E-state index contributed by atoms with van der Waals surface area (Å²) < 4.78 is 91.0. The van der Waals surface area contributed by atoms with E-state index in [-0.39, 0.29) is 47.8 Å². The molecule has 0 spiro atoms. The molecule has 3 aliphatic rings. The van der Waals surface area contributed by atoms with Crippen LogP contribution in [0.25, 0.3) is 21.9 Å². The summed E-state index contributed by atoms with van der Waals surface area (Å²) in [5, 5.41) is 10.2. The Morgan fingerprint density at radius 3 is 2.51 bits per heavy atom. The van der Waals surface area contributed by atoms with Crippen molar-refractivity contribution in [1.82, 2.24) is 39.1 Å². The number of aryl methyl sites for hydroxylation is 1. The molecule has 13 nitrogen and oxygen atoms in total. The molecule has 2 aliphatic heterocycles. The van der Waals surface area contributed by atoms with Gasteiger partial charge < -0.3 is 5.32 Å². The van der Waals surface area contributed by atoms with Gasteiger partial charge in [-0.15, -0.1) is 0 Å². The van der Waals surface area contributed by atoms with E-state index in [0.29, 0.717) is 35.9 Å².